The summed E-state index contributed by atoms with van der Waals surface area (Å²) in [6.45, 7) is 3.95. The van der Waals surface area contributed by atoms with Crippen LogP contribution < -0.4 is 0 Å². The van der Waals surface area contributed by atoms with E-state index in [-0.39, 0.29) is 11.3 Å². The largest absolute Gasteiger partial charge is 0.299 e. The minimum Gasteiger partial charge on any atom is -0.299 e. The van der Waals surface area contributed by atoms with Crippen LogP contribution in [-0.2, 0) is 4.79 Å². The van der Waals surface area contributed by atoms with Gasteiger partial charge >= 0.3 is 0 Å². The Balaban J connectivity index is 2.88. The maximum Gasteiger partial charge on any atom is 0.143 e. The number of allylic oxidation sites excluding steroid dienone is 2. The van der Waals surface area contributed by atoms with E-state index in [4.69, 9.17) is 6.42 Å². The van der Waals surface area contributed by atoms with Gasteiger partial charge in [-0.25, -0.2) is 0 Å². The van der Waals surface area contributed by atoms with E-state index in [0.717, 1.165) is 12.8 Å². The topological polar surface area (TPSA) is 17.1 Å². The number of carbonyl (C=O) groups excluding carboxylic acids is 1. The fraction of sp³-hybridized carbons (Fsp3) is 0.583. The molecule has 70 valence electrons. The number of ketones is 1. The van der Waals surface area contributed by atoms with Gasteiger partial charge < -0.3 is 0 Å². The van der Waals surface area contributed by atoms with Crippen molar-refractivity contribution in [3.63, 3.8) is 0 Å². The Hall–Kier alpha value is -1.03. The number of hydrogen-bond acceptors (Lipinski definition) is 1. The molecule has 0 amide bonds. The smallest absolute Gasteiger partial charge is 0.143 e. The number of terminal acetylenes is 1. The van der Waals surface area contributed by atoms with E-state index in [1.165, 1.54) is 0 Å². The Morgan fingerprint density at radius 3 is 3.00 bits per heavy atom. The highest BCUT2D eigenvalue weighted by Gasteiger charge is 2.35. The SMILES string of the molecule is C#CCC1(C)CC=CCC(C)C1=O. The third-order valence-electron chi connectivity index (χ3n) is 2.76. The Morgan fingerprint density at radius 2 is 2.38 bits per heavy atom. The first kappa shape index (κ1) is 10.1. The summed E-state index contributed by atoms with van der Waals surface area (Å²) in [7, 11) is 0. The Morgan fingerprint density at radius 1 is 1.69 bits per heavy atom. The van der Waals surface area contributed by atoms with Gasteiger partial charge in [-0.3, -0.25) is 4.79 Å². The molecule has 0 saturated heterocycles. The molecule has 0 saturated carbocycles. The van der Waals surface area contributed by atoms with Gasteiger partial charge in [0.25, 0.3) is 0 Å². The molecule has 0 fully saturated rings. The van der Waals surface area contributed by atoms with Gasteiger partial charge in [-0.15, -0.1) is 12.3 Å². The molecule has 0 aromatic carbocycles. The van der Waals surface area contributed by atoms with E-state index in [2.05, 4.69) is 18.1 Å². The highest BCUT2D eigenvalue weighted by molar-refractivity contribution is 5.87. The van der Waals surface area contributed by atoms with Crippen LogP contribution in [0.25, 0.3) is 0 Å². The lowest BCUT2D eigenvalue weighted by molar-refractivity contribution is -0.130. The molecule has 0 heterocycles. The second-order valence-corrected chi connectivity index (χ2v) is 4.12. The van der Waals surface area contributed by atoms with Crippen LogP contribution in [0.2, 0.25) is 0 Å². The Bertz CT molecular complexity index is 269. The van der Waals surface area contributed by atoms with Gasteiger partial charge in [0.2, 0.25) is 0 Å². The summed E-state index contributed by atoms with van der Waals surface area (Å²) in [5.41, 5.74) is -0.318. The highest BCUT2D eigenvalue weighted by Crippen LogP contribution is 2.33. The van der Waals surface area contributed by atoms with Crippen LogP contribution in [0.1, 0.15) is 33.1 Å². The molecule has 0 aromatic heterocycles. The predicted octanol–water partition coefficient (Wildman–Crippen LogP) is 2.57. The molecule has 2 unspecified atom stereocenters. The van der Waals surface area contributed by atoms with Crippen LogP contribution in [0.4, 0.5) is 0 Å². The summed E-state index contributed by atoms with van der Waals surface area (Å²) in [5.74, 6) is 3.04. The molecular weight excluding hydrogens is 160 g/mol. The lowest BCUT2D eigenvalue weighted by Crippen LogP contribution is -2.30. The highest BCUT2D eigenvalue weighted by atomic mass is 16.1. The van der Waals surface area contributed by atoms with Crippen LogP contribution in [0.15, 0.2) is 12.2 Å². The molecular formula is C12H16O. The molecule has 1 aliphatic rings. The second kappa shape index (κ2) is 3.79. The van der Waals surface area contributed by atoms with Gasteiger partial charge in [0.1, 0.15) is 5.78 Å². The van der Waals surface area contributed by atoms with Crippen LogP contribution >= 0.6 is 0 Å². The van der Waals surface area contributed by atoms with E-state index in [0.29, 0.717) is 12.2 Å². The van der Waals surface area contributed by atoms with Crippen molar-refractivity contribution in [3.8, 4) is 12.3 Å². The molecule has 1 nitrogen and oxygen atoms in total. The molecule has 2 atom stereocenters. The van der Waals surface area contributed by atoms with E-state index in [9.17, 15) is 4.79 Å². The van der Waals surface area contributed by atoms with E-state index >= 15 is 0 Å². The van der Waals surface area contributed by atoms with Crippen molar-refractivity contribution in [2.75, 3.05) is 0 Å². The molecule has 0 aliphatic heterocycles. The molecule has 13 heavy (non-hydrogen) atoms. The van der Waals surface area contributed by atoms with Crippen molar-refractivity contribution >= 4 is 5.78 Å². The molecule has 0 aromatic rings. The number of rotatable bonds is 1. The Kier molecular flexibility index (Phi) is 2.93. The summed E-state index contributed by atoms with van der Waals surface area (Å²) < 4.78 is 0. The quantitative estimate of drug-likeness (QED) is 0.443. The van der Waals surface area contributed by atoms with Crippen molar-refractivity contribution in [2.45, 2.75) is 33.1 Å². The van der Waals surface area contributed by atoms with Gasteiger partial charge in [0.15, 0.2) is 0 Å². The van der Waals surface area contributed by atoms with E-state index in [1.807, 2.05) is 13.8 Å². The van der Waals surface area contributed by atoms with Crippen molar-refractivity contribution in [1.29, 1.82) is 0 Å². The van der Waals surface area contributed by atoms with Crippen molar-refractivity contribution < 1.29 is 4.79 Å². The summed E-state index contributed by atoms with van der Waals surface area (Å²) >= 11 is 0. The molecule has 1 aliphatic carbocycles. The molecule has 0 bridgehead atoms. The number of hydrogen-bond donors (Lipinski definition) is 0. The van der Waals surface area contributed by atoms with E-state index in [1.54, 1.807) is 0 Å². The summed E-state index contributed by atoms with van der Waals surface area (Å²) in [5, 5.41) is 0. The maximum absolute atomic E-state index is 11.9. The fourth-order valence-electron chi connectivity index (χ4n) is 1.83. The monoisotopic (exact) mass is 176 g/mol. The zero-order valence-corrected chi connectivity index (χ0v) is 8.34. The zero-order chi connectivity index (χ0) is 9.90. The van der Waals surface area contributed by atoms with Gasteiger partial charge in [0.05, 0.1) is 0 Å². The molecule has 1 heteroatoms. The minimum atomic E-state index is -0.318. The first-order chi connectivity index (χ1) is 6.10. The lowest BCUT2D eigenvalue weighted by Gasteiger charge is -2.25. The number of carbonyl (C=O) groups is 1. The zero-order valence-electron chi connectivity index (χ0n) is 8.34. The summed E-state index contributed by atoms with van der Waals surface area (Å²) in [4.78, 5) is 11.9. The average molecular weight is 176 g/mol. The predicted molar refractivity (Wildman–Crippen MR) is 54.1 cm³/mol. The number of Topliss-reactive ketones (excluding diaryl/α,β-unsaturated/α-hetero) is 1. The van der Waals surface area contributed by atoms with Crippen LogP contribution in [0.5, 0.6) is 0 Å². The van der Waals surface area contributed by atoms with Gasteiger partial charge in [-0.2, -0.15) is 0 Å². The molecule has 0 spiro atoms. The van der Waals surface area contributed by atoms with Crippen LogP contribution in [-0.4, -0.2) is 5.78 Å². The van der Waals surface area contributed by atoms with Crippen molar-refractivity contribution in [2.24, 2.45) is 11.3 Å². The minimum absolute atomic E-state index is 0.122. The average Bonchev–Trinajstić information content (AvgIpc) is 2.20. The normalized spacial score (nSPS) is 33.9. The standard InChI is InChI=1S/C12H16O/c1-4-8-12(3)9-6-5-7-10(2)11(12)13/h1,5-6,10H,7-9H2,2-3H3. The van der Waals surface area contributed by atoms with Gasteiger partial charge in [-0.1, -0.05) is 26.0 Å². The molecule has 1 rings (SSSR count). The summed E-state index contributed by atoms with van der Waals surface area (Å²) in [6.07, 6.45) is 11.7. The molecule has 0 radical (unpaired) electrons. The van der Waals surface area contributed by atoms with Crippen molar-refractivity contribution in [1.82, 2.24) is 0 Å². The van der Waals surface area contributed by atoms with Crippen LogP contribution in [0, 0.1) is 23.7 Å². The lowest BCUT2D eigenvalue weighted by atomic mass is 9.76. The first-order valence-electron chi connectivity index (χ1n) is 4.73. The molecule has 0 N–H and O–H groups in total. The van der Waals surface area contributed by atoms with Crippen molar-refractivity contribution in [3.05, 3.63) is 12.2 Å². The first-order valence-corrected chi connectivity index (χ1v) is 4.73. The third kappa shape index (κ3) is 2.01. The summed E-state index contributed by atoms with van der Waals surface area (Å²) in [6, 6.07) is 0. The van der Waals surface area contributed by atoms with Gasteiger partial charge in [-0.05, 0) is 12.8 Å². The maximum atomic E-state index is 11.9. The van der Waals surface area contributed by atoms with Gasteiger partial charge in [0, 0.05) is 17.8 Å². The third-order valence-corrected chi connectivity index (χ3v) is 2.76. The second-order valence-electron chi connectivity index (χ2n) is 4.12. The fourth-order valence-corrected chi connectivity index (χ4v) is 1.83. The van der Waals surface area contributed by atoms with Crippen LogP contribution in [0.3, 0.4) is 0 Å². The van der Waals surface area contributed by atoms with E-state index < -0.39 is 0 Å². The Labute approximate surface area is 80.2 Å².